The van der Waals surface area contributed by atoms with Gasteiger partial charge >= 0.3 is 12.1 Å². The summed E-state index contributed by atoms with van der Waals surface area (Å²) >= 11 is 0. The lowest BCUT2D eigenvalue weighted by molar-refractivity contribution is -0.161. The van der Waals surface area contributed by atoms with Crippen LogP contribution >= 0.6 is 0 Å². The fourth-order valence-corrected chi connectivity index (χ4v) is 2.92. The van der Waals surface area contributed by atoms with Crippen LogP contribution in [0.2, 0.25) is 0 Å². The van der Waals surface area contributed by atoms with Gasteiger partial charge in [0.25, 0.3) is 0 Å². The van der Waals surface area contributed by atoms with E-state index in [0.717, 1.165) is 4.90 Å². The number of ether oxygens (including phenoxy) is 4. The van der Waals surface area contributed by atoms with Crippen LogP contribution in [0.3, 0.4) is 0 Å². The van der Waals surface area contributed by atoms with E-state index in [1.807, 2.05) is 12.3 Å². The Morgan fingerprint density at radius 3 is 2.60 bits per heavy atom. The molecular weight excluding hydrogens is 392 g/mol. The van der Waals surface area contributed by atoms with E-state index in [1.54, 1.807) is 43.3 Å². The highest BCUT2D eigenvalue weighted by Crippen LogP contribution is 2.33. The Kier molecular flexibility index (Phi) is 6.29. The summed E-state index contributed by atoms with van der Waals surface area (Å²) < 4.78 is 20.9. The third-order valence-corrected chi connectivity index (χ3v) is 4.75. The second-order valence-electron chi connectivity index (χ2n) is 6.98. The number of fused-ring (bicyclic) bond motifs is 1. The molecule has 2 aliphatic rings. The van der Waals surface area contributed by atoms with Crippen molar-refractivity contribution in [3.63, 3.8) is 0 Å². The van der Waals surface area contributed by atoms with Crippen molar-refractivity contribution in [2.75, 3.05) is 20.9 Å². The van der Waals surface area contributed by atoms with E-state index in [-0.39, 0.29) is 12.6 Å². The van der Waals surface area contributed by atoms with Gasteiger partial charge in [0.2, 0.25) is 13.1 Å². The molecule has 1 amide bonds. The first-order valence-corrected chi connectivity index (χ1v) is 9.44. The summed E-state index contributed by atoms with van der Waals surface area (Å²) in [5, 5.41) is 0. The van der Waals surface area contributed by atoms with Crippen LogP contribution in [0.1, 0.15) is 30.6 Å². The number of nitrogens with zero attached hydrogens (tertiary/aromatic N) is 2. The summed E-state index contributed by atoms with van der Waals surface area (Å²) in [4.78, 5) is 40.2. The molecule has 9 heteroatoms. The molecule has 0 saturated carbocycles. The van der Waals surface area contributed by atoms with Crippen LogP contribution in [-0.4, -0.2) is 60.9 Å². The Balaban J connectivity index is 1.55. The number of rotatable bonds is 6. The van der Waals surface area contributed by atoms with Gasteiger partial charge in [0.15, 0.2) is 17.3 Å². The molecule has 0 saturated heterocycles. The van der Waals surface area contributed by atoms with Gasteiger partial charge in [-0.2, -0.15) is 0 Å². The zero-order valence-electron chi connectivity index (χ0n) is 17.3. The van der Waals surface area contributed by atoms with Crippen LogP contribution < -0.4 is 9.47 Å². The summed E-state index contributed by atoms with van der Waals surface area (Å²) in [5.74, 6) is 0.187. The van der Waals surface area contributed by atoms with Crippen LogP contribution in [0, 0.1) is 0 Å². The molecule has 0 radical (unpaired) electrons. The van der Waals surface area contributed by atoms with Crippen molar-refractivity contribution in [1.82, 2.24) is 9.80 Å². The first-order valence-electron chi connectivity index (χ1n) is 9.44. The van der Waals surface area contributed by atoms with Crippen molar-refractivity contribution >= 4 is 17.8 Å². The maximum Gasteiger partial charge on any atom is 0.413 e. The Hall–Kier alpha value is -3.49. The van der Waals surface area contributed by atoms with E-state index in [1.165, 1.54) is 14.0 Å². The number of likely N-dealkylation sites (N-methyl/N-ethyl adjacent to an activating group) is 1. The molecule has 1 aromatic carbocycles. The summed E-state index contributed by atoms with van der Waals surface area (Å²) in [6, 6.07) is 4.03. The molecule has 0 aromatic heterocycles. The number of hydrogen-bond acceptors (Lipinski definition) is 8. The maximum atomic E-state index is 12.7. The summed E-state index contributed by atoms with van der Waals surface area (Å²) in [6.07, 6.45) is 3.84. The lowest BCUT2D eigenvalue weighted by Crippen LogP contribution is -2.42. The highest BCUT2D eigenvalue weighted by atomic mass is 16.7. The number of ketones is 1. The molecule has 2 unspecified atom stereocenters. The van der Waals surface area contributed by atoms with Crippen LogP contribution in [0.25, 0.3) is 0 Å². The molecule has 0 bridgehead atoms. The van der Waals surface area contributed by atoms with E-state index < -0.39 is 24.4 Å². The molecule has 2 aliphatic heterocycles. The Bertz CT molecular complexity index is 909. The zero-order chi connectivity index (χ0) is 21.8. The van der Waals surface area contributed by atoms with E-state index in [4.69, 9.17) is 18.9 Å². The number of hydrogen-bond donors (Lipinski definition) is 0. The average Bonchev–Trinajstić information content (AvgIpc) is 3.19. The smallest absolute Gasteiger partial charge is 0.413 e. The standard InChI is InChI=1S/C21H24N2O7/c1-13(19(24)15-7-8-17-18(10-15)28-12-27-17)23(4)21(26)30-14(2)29-20(25)16-6-5-9-22(3)11-16/h5,7-11,13-14H,6,12H2,1-4H3. The minimum absolute atomic E-state index is 0.106. The van der Waals surface area contributed by atoms with E-state index in [9.17, 15) is 14.4 Å². The van der Waals surface area contributed by atoms with Gasteiger partial charge in [0, 0.05) is 39.2 Å². The minimum atomic E-state index is -1.11. The van der Waals surface area contributed by atoms with E-state index >= 15 is 0 Å². The van der Waals surface area contributed by atoms with Crippen LogP contribution in [-0.2, 0) is 14.3 Å². The van der Waals surface area contributed by atoms with Crippen LogP contribution in [0.5, 0.6) is 11.5 Å². The average molecular weight is 416 g/mol. The lowest BCUT2D eigenvalue weighted by atomic mass is 10.0. The molecule has 0 fully saturated rings. The first kappa shape index (κ1) is 21.2. The second kappa shape index (κ2) is 8.89. The van der Waals surface area contributed by atoms with Crippen molar-refractivity contribution in [2.45, 2.75) is 32.6 Å². The van der Waals surface area contributed by atoms with Crippen molar-refractivity contribution < 1.29 is 33.3 Å². The topological polar surface area (TPSA) is 94.6 Å². The van der Waals surface area contributed by atoms with Gasteiger partial charge in [0.05, 0.1) is 11.6 Å². The van der Waals surface area contributed by atoms with Gasteiger partial charge in [-0.05, 0) is 31.3 Å². The zero-order valence-corrected chi connectivity index (χ0v) is 17.3. The van der Waals surface area contributed by atoms with Crippen molar-refractivity contribution in [1.29, 1.82) is 0 Å². The van der Waals surface area contributed by atoms with Gasteiger partial charge in [0.1, 0.15) is 0 Å². The second-order valence-corrected chi connectivity index (χ2v) is 6.98. The number of amides is 1. The lowest BCUT2D eigenvalue weighted by Gasteiger charge is -2.25. The summed E-state index contributed by atoms with van der Waals surface area (Å²) in [6.45, 7) is 3.13. The molecule has 30 heavy (non-hydrogen) atoms. The number of benzene rings is 1. The fraction of sp³-hybridized carbons (Fsp3) is 0.381. The Labute approximate surface area is 174 Å². The largest absolute Gasteiger partial charge is 0.454 e. The predicted octanol–water partition coefficient (Wildman–Crippen LogP) is 2.68. The molecule has 0 aliphatic carbocycles. The molecule has 9 nitrogen and oxygen atoms in total. The Morgan fingerprint density at radius 2 is 1.87 bits per heavy atom. The quantitative estimate of drug-likeness (QED) is 0.397. The molecule has 2 heterocycles. The molecule has 1 aromatic rings. The maximum absolute atomic E-state index is 12.7. The highest BCUT2D eigenvalue weighted by molar-refractivity contribution is 6.01. The van der Waals surface area contributed by atoms with Crippen LogP contribution in [0.15, 0.2) is 42.2 Å². The molecule has 0 N–H and O–H groups in total. The number of Topliss-reactive ketones (excluding diaryl/α,β-unsaturated/α-hetero) is 1. The van der Waals surface area contributed by atoms with Crippen molar-refractivity contribution in [3.8, 4) is 11.5 Å². The Morgan fingerprint density at radius 1 is 1.13 bits per heavy atom. The number of esters is 1. The first-order chi connectivity index (χ1) is 14.3. The van der Waals surface area contributed by atoms with E-state index in [2.05, 4.69) is 0 Å². The number of carbonyl (C=O) groups excluding carboxylic acids is 3. The fourth-order valence-electron chi connectivity index (χ4n) is 2.92. The SMILES string of the molecule is CC(OC(=O)C1=CN(C)C=CC1)OC(=O)N(C)C(C)C(=O)c1ccc2c(c1)OCO2. The van der Waals surface area contributed by atoms with Crippen molar-refractivity contribution in [3.05, 3.63) is 47.8 Å². The van der Waals surface area contributed by atoms with Gasteiger partial charge < -0.3 is 28.7 Å². The van der Waals surface area contributed by atoms with Gasteiger partial charge in [-0.15, -0.1) is 0 Å². The van der Waals surface area contributed by atoms with Crippen molar-refractivity contribution in [2.24, 2.45) is 0 Å². The normalized spacial score (nSPS) is 16.4. The number of allylic oxidation sites excluding steroid dienone is 1. The molecule has 2 atom stereocenters. The third kappa shape index (κ3) is 4.73. The summed E-state index contributed by atoms with van der Waals surface area (Å²) in [5.41, 5.74) is 0.829. The van der Waals surface area contributed by atoms with Crippen LogP contribution in [0.4, 0.5) is 4.79 Å². The monoisotopic (exact) mass is 416 g/mol. The minimum Gasteiger partial charge on any atom is -0.454 e. The number of carbonyl (C=O) groups is 3. The molecule has 160 valence electrons. The van der Waals surface area contributed by atoms with Gasteiger partial charge in [-0.25, -0.2) is 9.59 Å². The van der Waals surface area contributed by atoms with Gasteiger partial charge in [-0.3, -0.25) is 4.79 Å². The molecule has 3 rings (SSSR count). The van der Waals surface area contributed by atoms with E-state index in [0.29, 0.717) is 29.1 Å². The highest BCUT2D eigenvalue weighted by Gasteiger charge is 2.28. The third-order valence-electron chi connectivity index (χ3n) is 4.75. The predicted molar refractivity (Wildman–Crippen MR) is 106 cm³/mol. The van der Waals surface area contributed by atoms with Gasteiger partial charge in [-0.1, -0.05) is 6.08 Å². The molecular formula is C21H24N2O7. The summed E-state index contributed by atoms with van der Waals surface area (Å²) in [7, 11) is 3.23. The molecule has 0 spiro atoms.